The molecule has 0 saturated heterocycles. The summed E-state index contributed by atoms with van der Waals surface area (Å²) in [5.41, 5.74) is -2.78. The molecule has 0 radical (unpaired) electrons. The Morgan fingerprint density at radius 1 is 1.23 bits per heavy atom. The molecule has 1 aliphatic carbocycles. The zero-order valence-corrected chi connectivity index (χ0v) is 22.2. The van der Waals surface area contributed by atoms with Gasteiger partial charge in [0.2, 0.25) is 5.88 Å². The van der Waals surface area contributed by atoms with Crippen LogP contribution in [-0.4, -0.2) is 54.2 Å². The summed E-state index contributed by atoms with van der Waals surface area (Å²) < 4.78 is 76.5. The van der Waals surface area contributed by atoms with Crippen molar-refractivity contribution in [2.75, 3.05) is 11.4 Å². The first-order valence-electron chi connectivity index (χ1n) is 11.8. The highest BCUT2D eigenvalue weighted by Crippen LogP contribution is 2.41. The molecular weight excluding hydrogens is 575 g/mol. The van der Waals surface area contributed by atoms with E-state index < -0.39 is 57.5 Å². The number of aromatic amines is 1. The predicted octanol–water partition coefficient (Wildman–Crippen LogP) is 4.28. The molecule has 0 aliphatic heterocycles. The number of nitrogens with one attached hydrogen (secondary N) is 2. The minimum absolute atomic E-state index is 0.00738. The van der Waals surface area contributed by atoms with Gasteiger partial charge in [-0.25, -0.2) is 18.2 Å². The normalized spacial score (nSPS) is 17.7. The maximum absolute atomic E-state index is 15.9. The first-order valence-corrected chi connectivity index (χ1v) is 13.2. The summed E-state index contributed by atoms with van der Waals surface area (Å²) in [5.74, 6) is -4.53. The average Bonchev–Trinajstić information content (AvgIpc) is 3.53. The number of anilines is 2. The smallest absolute Gasteiger partial charge is 0.270 e. The molecule has 1 fully saturated rings. The van der Waals surface area contributed by atoms with Crippen LogP contribution >= 0.6 is 11.6 Å². The van der Waals surface area contributed by atoms with Gasteiger partial charge in [0, 0.05) is 23.2 Å². The van der Waals surface area contributed by atoms with E-state index in [2.05, 4.69) is 20.5 Å². The van der Waals surface area contributed by atoms with Gasteiger partial charge >= 0.3 is 0 Å². The number of hydrogen-bond donors (Lipinski definition) is 3. The van der Waals surface area contributed by atoms with E-state index in [4.69, 9.17) is 16.3 Å². The molecule has 2 heterocycles. The summed E-state index contributed by atoms with van der Waals surface area (Å²) in [5, 5.41) is 18.8. The number of amides is 1. The van der Waals surface area contributed by atoms with Crippen LogP contribution in [-0.2, 0) is 11.3 Å². The second-order valence-electron chi connectivity index (χ2n) is 9.01. The summed E-state index contributed by atoms with van der Waals surface area (Å²) in [6.07, 6.45) is 2.17. The summed E-state index contributed by atoms with van der Waals surface area (Å²) >= 11 is 2.79. The molecule has 2 aromatic carbocycles. The molecule has 1 aliphatic rings. The lowest BCUT2D eigenvalue weighted by atomic mass is 10.0. The average molecular weight is 595 g/mol. The van der Waals surface area contributed by atoms with E-state index in [1.165, 1.54) is 19.4 Å². The fourth-order valence-corrected chi connectivity index (χ4v) is 5.46. The topological polar surface area (TPSA) is 144 Å². The van der Waals surface area contributed by atoms with Gasteiger partial charge in [0.1, 0.15) is 22.7 Å². The van der Waals surface area contributed by atoms with E-state index in [1.807, 2.05) is 0 Å². The van der Waals surface area contributed by atoms with Gasteiger partial charge in [-0.3, -0.25) is 18.4 Å². The number of fused-ring (bicyclic) bond motifs is 1. The molecule has 1 saturated carbocycles. The fourth-order valence-electron chi connectivity index (χ4n) is 4.71. The standard InChI is InChI=1S/C25H21ClF3N5O5S/c1-39-25-18(8-11(26)10-30-25)34(40(37)38)17-7-6-16(27)19(21(17)29)14-4-5-15-22(20(14)28)32-33-23(15)24(36)31-12-2-3-13(35)9-12/h4-8,10,12-13,35H,2-3,9H2,1H3,(H,31,36)(H,32,33)(H,37,38)/p-1. The summed E-state index contributed by atoms with van der Waals surface area (Å²) in [6, 6.07) is 4.86. The van der Waals surface area contributed by atoms with Crippen LogP contribution in [0.5, 0.6) is 5.88 Å². The first kappa shape index (κ1) is 27.8. The molecule has 40 heavy (non-hydrogen) atoms. The fraction of sp³-hybridized carbons (Fsp3) is 0.240. The van der Waals surface area contributed by atoms with Gasteiger partial charge in [0.15, 0.2) is 11.6 Å². The monoisotopic (exact) mass is 594 g/mol. The zero-order valence-electron chi connectivity index (χ0n) is 20.6. The number of carbonyl (C=O) groups is 1. The molecule has 2 aromatic heterocycles. The number of benzene rings is 2. The Hall–Kier alpha value is -3.72. The molecule has 0 spiro atoms. The number of methoxy groups -OCH3 is 1. The van der Waals surface area contributed by atoms with Crippen LogP contribution in [0.3, 0.4) is 0 Å². The van der Waals surface area contributed by atoms with Crippen LogP contribution in [0.15, 0.2) is 36.5 Å². The van der Waals surface area contributed by atoms with Crippen LogP contribution in [0.4, 0.5) is 24.5 Å². The highest BCUT2D eigenvalue weighted by atomic mass is 35.5. The van der Waals surface area contributed by atoms with Crippen LogP contribution in [0, 0.1) is 17.5 Å². The van der Waals surface area contributed by atoms with Crippen molar-refractivity contribution in [2.24, 2.45) is 0 Å². The lowest BCUT2D eigenvalue weighted by Crippen LogP contribution is -2.33. The number of aromatic nitrogens is 3. The number of halogens is 4. The molecule has 1 amide bonds. The number of H-pyrrole nitrogens is 1. The molecule has 3 N–H and O–H groups in total. The molecule has 0 bridgehead atoms. The highest BCUT2D eigenvalue weighted by molar-refractivity contribution is 7.81. The van der Waals surface area contributed by atoms with Gasteiger partial charge in [0.25, 0.3) is 5.91 Å². The Morgan fingerprint density at radius 3 is 2.67 bits per heavy atom. The van der Waals surface area contributed by atoms with Crippen LogP contribution in [0.1, 0.15) is 29.8 Å². The SMILES string of the molecule is COc1ncc(Cl)cc1N(c1ccc(F)c(-c2ccc3c(C(=O)NC4CCC(O)C4)[nH]nc3c2F)c1F)S(=O)[O-]. The summed E-state index contributed by atoms with van der Waals surface area (Å²) in [7, 11) is 1.21. The Labute approximate surface area is 232 Å². The van der Waals surface area contributed by atoms with Gasteiger partial charge < -0.3 is 19.7 Å². The molecular formula is C25H20ClF3N5O5S-. The van der Waals surface area contributed by atoms with E-state index in [9.17, 15) is 18.7 Å². The zero-order chi connectivity index (χ0) is 28.7. The Morgan fingerprint density at radius 2 is 2.00 bits per heavy atom. The van der Waals surface area contributed by atoms with Crippen molar-refractivity contribution >= 4 is 51.1 Å². The number of ether oxygens (including phenoxy) is 1. The number of hydrogen-bond acceptors (Lipinski definition) is 7. The van der Waals surface area contributed by atoms with E-state index in [1.54, 1.807) is 0 Å². The second kappa shape index (κ2) is 11.0. The minimum Gasteiger partial charge on any atom is -0.755 e. The number of aliphatic hydroxyl groups is 1. The maximum atomic E-state index is 15.9. The Bertz CT molecular complexity index is 1660. The molecule has 15 heteroatoms. The number of pyridine rings is 1. The third kappa shape index (κ3) is 4.98. The van der Waals surface area contributed by atoms with Crippen LogP contribution in [0.25, 0.3) is 22.0 Å². The minimum atomic E-state index is -3.17. The van der Waals surface area contributed by atoms with Crippen LogP contribution < -0.4 is 14.4 Å². The molecule has 210 valence electrons. The van der Waals surface area contributed by atoms with Crippen molar-refractivity contribution in [3.63, 3.8) is 0 Å². The third-order valence-corrected chi connectivity index (χ3v) is 7.45. The lowest BCUT2D eigenvalue weighted by molar-refractivity contribution is 0.0930. The second-order valence-corrected chi connectivity index (χ2v) is 10.2. The van der Waals surface area contributed by atoms with Crippen LogP contribution in [0.2, 0.25) is 5.02 Å². The van der Waals surface area contributed by atoms with Gasteiger partial charge in [-0.15, -0.1) is 0 Å². The first-order chi connectivity index (χ1) is 19.1. The van der Waals surface area contributed by atoms with E-state index in [-0.39, 0.29) is 39.2 Å². The van der Waals surface area contributed by atoms with Crippen molar-refractivity contribution in [1.29, 1.82) is 0 Å². The molecule has 5 rings (SSSR count). The predicted molar refractivity (Wildman–Crippen MR) is 139 cm³/mol. The van der Waals surface area contributed by atoms with Crippen molar-refractivity contribution in [3.05, 3.63) is 64.7 Å². The number of carbonyl (C=O) groups excluding carboxylic acids is 1. The molecule has 10 nitrogen and oxygen atoms in total. The van der Waals surface area contributed by atoms with E-state index in [0.717, 1.165) is 24.3 Å². The maximum Gasteiger partial charge on any atom is 0.270 e. The number of aliphatic hydroxyl groups excluding tert-OH is 1. The van der Waals surface area contributed by atoms with Gasteiger partial charge in [-0.05, 0) is 43.5 Å². The van der Waals surface area contributed by atoms with Gasteiger partial charge in [0.05, 0.1) is 40.8 Å². The molecule has 3 atom stereocenters. The van der Waals surface area contributed by atoms with E-state index in [0.29, 0.717) is 23.6 Å². The van der Waals surface area contributed by atoms with E-state index >= 15 is 13.2 Å². The Balaban J connectivity index is 1.58. The van der Waals surface area contributed by atoms with Crippen molar-refractivity contribution in [3.8, 4) is 17.0 Å². The van der Waals surface area contributed by atoms with Crippen molar-refractivity contribution in [2.45, 2.75) is 31.4 Å². The summed E-state index contributed by atoms with van der Waals surface area (Å²) in [6.45, 7) is 0. The quantitative estimate of drug-likeness (QED) is 0.271. The largest absolute Gasteiger partial charge is 0.755 e. The highest BCUT2D eigenvalue weighted by Gasteiger charge is 2.29. The van der Waals surface area contributed by atoms with Crippen molar-refractivity contribution < 1.29 is 36.6 Å². The molecule has 4 aromatic rings. The summed E-state index contributed by atoms with van der Waals surface area (Å²) in [4.78, 5) is 16.6. The Kier molecular flexibility index (Phi) is 7.68. The van der Waals surface area contributed by atoms with Gasteiger partial charge in [-0.1, -0.05) is 17.7 Å². The van der Waals surface area contributed by atoms with Gasteiger partial charge in [-0.2, -0.15) is 5.10 Å². The molecule has 3 unspecified atom stereocenters. The lowest BCUT2D eigenvalue weighted by Gasteiger charge is -2.28. The van der Waals surface area contributed by atoms with Crippen molar-refractivity contribution in [1.82, 2.24) is 20.5 Å². The number of rotatable bonds is 7. The third-order valence-electron chi connectivity index (χ3n) is 6.55. The number of nitrogens with zero attached hydrogens (tertiary/aromatic N) is 3.